The van der Waals surface area contributed by atoms with Crippen LogP contribution in [0.5, 0.6) is 0 Å². The van der Waals surface area contributed by atoms with Crippen molar-refractivity contribution in [2.24, 2.45) is 0 Å². The Labute approximate surface area is 147 Å². The van der Waals surface area contributed by atoms with E-state index in [-0.39, 0.29) is 5.57 Å². The number of methoxy groups -OCH3 is 1. The Kier molecular flexibility index (Phi) is 14.6. The molecule has 0 aliphatic rings. The summed E-state index contributed by atoms with van der Waals surface area (Å²) in [6.07, 6.45) is 15.0. The first-order chi connectivity index (χ1) is 11.5. The van der Waals surface area contributed by atoms with Crippen molar-refractivity contribution in [2.75, 3.05) is 7.11 Å². The van der Waals surface area contributed by atoms with E-state index in [1.807, 2.05) is 0 Å². The van der Waals surface area contributed by atoms with E-state index in [4.69, 9.17) is 0 Å². The molecule has 0 fully saturated rings. The number of esters is 1. The van der Waals surface area contributed by atoms with Crippen molar-refractivity contribution in [1.29, 1.82) is 0 Å². The second-order valence-corrected chi connectivity index (χ2v) is 6.47. The van der Waals surface area contributed by atoms with Gasteiger partial charge in [-0.25, -0.2) is 4.79 Å². The van der Waals surface area contributed by atoms with Gasteiger partial charge < -0.3 is 9.84 Å². The van der Waals surface area contributed by atoms with Crippen LogP contribution in [0, 0.1) is 0 Å². The fourth-order valence-electron chi connectivity index (χ4n) is 2.67. The first kappa shape index (κ1) is 22.8. The molecule has 0 aliphatic heterocycles. The van der Waals surface area contributed by atoms with Crippen LogP contribution < -0.4 is 0 Å². The van der Waals surface area contributed by atoms with Crippen molar-refractivity contribution in [3.05, 3.63) is 11.6 Å². The summed E-state index contributed by atoms with van der Waals surface area (Å²) in [5, 5.41) is 9.33. The summed E-state index contributed by atoms with van der Waals surface area (Å²) in [6.45, 7) is 3.60. The van der Waals surface area contributed by atoms with Gasteiger partial charge in [-0.15, -0.1) is 0 Å². The van der Waals surface area contributed by atoms with Gasteiger partial charge in [-0.1, -0.05) is 77.2 Å². The lowest BCUT2D eigenvalue weighted by atomic mass is 10.0. The number of Topliss-reactive ketones (excluding diaryl/α,β-unsaturated/α-hetero) is 1. The molecule has 0 spiro atoms. The third-order valence-electron chi connectivity index (χ3n) is 4.21. The summed E-state index contributed by atoms with van der Waals surface area (Å²) in [5.41, 5.74) is -0.0282. The third kappa shape index (κ3) is 11.4. The smallest absolute Gasteiger partial charge is 0.341 e. The maximum absolute atomic E-state index is 11.8. The fraction of sp³-hybridized carbons (Fsp3) is 0.800. The van der Waals surface area contributed by atoms with Crippen molar-refractivity contribution < 1.29 is 19.4 Å². The average molecular weight is 341 g/mol. The molecule has 0 amide bonds. The summed E-state index contributed by atoms with van der Waals surface area (Å²) in [6, 6.07) is 0. The molecule has 1 unspecified atom stereocenters. The highest BCUT2D eigenvalue weighted by molar-refractivity contribution is 6.18. The lowest BCUT2D eigenvalue weighted by Gasteiger charge is -2.07. The number of carbonyl (C=O) groups excluding carboxylic acids is 2. The summed E-state index contributed by atoms with van der Waals surface area (Å²) in [5.74, 6) is -1.23. The van der Waals surface area contributed by atoms with Gasteiger partial charge in [0.2, 0.25) is 0 Å². The lowest BCUT2D eigenvalue weighted by molar-refractivity contribution is -0.139. The first-order valence-corrected chi connectivity index (χ1v) is 9.55. The van der Waals surface area contributed by atoms with Crippen LogP contribution in [0.3, 0.4) is 0 Å². The number of allylic oxidation sites excluding steroid dienone is 1. The fourth-order valence-corrected chi connectivity index (χ4v) is 2.67. The molecule has 0 heterocycles. The van der Waals surface area contributed by atoms with Gasteiger partial charge in [0.25, 0.3) is 0 Å². The van der Waals surface area contributed by atoms with Gasteiger partial charge in [0.15, 0.2) is 5.78 Å². The molecule has 1 N–H and O–H groups in total. The number of unbranched alkanes of at least 4 members (excludes halogenated alkanes) is 11. The molecule has 0 aromatic heterocycles. The van der Waals surface area contributed by atoms with E-state index in [0.717, 1.165) is 12.8 Å². The minimum absolute atomic E-state index is 0.0282. The summed E-state index contributed by atoms with van der Waals surface area (Å²) in [7, 11) is 1.24. The number of aliphatic hydroxyl groups excluding tert-OH is 1. The third-order valence-corrected chi connectivity index (χ3v) is 4.21. The zero-order valence-electron chi connectivity index (χ0n) is 15.8. The van der Waals surface area contributed by atoms with Crippen LogP contribution in [0.4, 0.5) is 0 Å². The maximum atomic E-state index is 11.8. The number of ether oxygens (including phenoxy) is 1. The Morgan fingerprint density at radius 1 is 0.917 bits per heavy atom. The molecule has 0 aromatic carbocycles. The topological polar surface area (TPSA) is 63.6 Å². The number of rotatable bonds is 15. The number of hydrogen-bond donors (Lipinski definition) is 1. The Bertz CT molecular complexity index is 372. The molecule has 24 heavy (non-hydrogen) atoms. The number of hydrogen-bond acceptors (Lipinski definition) is 4. The van der Waals surface area contributed by atoms with E-state index >= 15 is 0 Å². The van der Waals surface area contributed by atoms with Crippen LogP contribution in [0.25, 0.3) is 0 Å². The zero-order chi connectivity index (χ0) is 18.2. The predicted molar refractivity (Wildman–Crippen MR) is 97.9 cm³/mol. The van der Waals surface area contributed by atoms with Crippen LogP contribution in [0.1, 0.15) is 90.9 Å². The van der Waals surface area contributed by atoms with Gasteiger partial charge in [0.05, 0.1) is 7.11 Å². The Hall–Kier alpha value is -1.16. The molecule has 0 saturated carbocycles. The Balaban J connectivity index is 3.77. The summed E-state index contributed by atoms with van der Waals surface area (Å²) < 4.78 is 4.60. The van der Waals surface area contributed by atoms with Crippen LogP contribution >= 0.6 is 0 Å². The predicted octanol–water partition coefficient (Wildman–Crippen LogP) is 4.74. The quantitative estimate of drug-likeness (QED) is 0.154. The number of carbonyl (C=O) groups is 2. The number of ketones is 1. The van der Waals surface area contributed by atoms with Crippen molar-refractivity contribution >= 4 is 11.8 Å². The SMILES string of the molecule is CCCCCCCCCCCCCC=C(C(=O)OC)C(=O)C(C)O. The normalized spacial score (nSPS) is 12.9. The number of aliphatic hydroxyl groups is 1. The van der Waals surface area contributed by atoms with Gasteiger partial charge >= 0.3 is 5.97 Å². The molecule has 0 rings (SSSR count). The Morgan fingerprint density at radius 3 is 1.79 bits per heavy atom. The molecule has 4 nitrogen and oxygen atoms in total. The van der Waals surface area contributed by atoms with Crippen molar-refractivity contribution in [3.8, 4) is 0 Å². The zero-order valence-corrected chi connectivity index (χ0v) is 15.8. The second kappa shape index (κ2) is 15.4. The summed E-state index contributed by atoms with van der Waals surface area (Å²) in [4.78, 5) is 23.3. The molecule has 4 heteroatoms. The average Bonchev–Trinajstić information content (AvgIpc) is 2.57. The largest absolute Gasteiger partial charge is 0.465 e. The molecule has 0 saturated heterocycles. The monoisotopic (exact) mass is 340 g/mol. The molecule has 1 atom stereocenters. The van der Waals surface area contributed by atoms with Crippen LogP contribution in [0.15, 0.2) is 11.6 Å². The van der Waals surface area contributed by atoms with Gasteiger partial charge in [-0.05, 0) is 19.8 Å². The molecule has 0 bridgehead atoms. The van der Waals surface area contributed by atoms with Gasteiger partial charge in [0, 0.05) is 0 Å². The van der Waals surface area contributed by atoms with Crippen LogP contribution in [-0.4, -0.2) is 30.1 Å². The van der Waals surface area contributed by atoms with Gasteiger partial charge in [-0.3, -0.25) is 4.79 Å². The maximum Gasteiger partial charge on any atom is 0.341 e. The highest BCUT2D eigenvalue weighted by Crippen LogP contribution is 2.13. The standard InChI is InChI=1S/C20H36O4/c1-4-5-6-7-8-9-10-11-12-13-14-15-16-18(20(23)24-3)19(22)17(2)21/h16-17,21H,4-15H2,1-3H3. The van der Waals surface area contributed by atoms with E-state index in [2.05, 4.69) is 11.7 Å². The van der Waals surface area contributed by atoms with E-state index in [0.29, 0.717) is 6.42 Å². The highest BCUT2D eigenvalue weighted by Gasteiger charge is 2.22. The lowest BCUT2D eigenvalue weighted by Crippen LogP contribution is -2.24. The highest BCUT2D eigenvalue weighted by atomic mass is 16.5. The molecular weight excluding hydrogens is 304 g/mol. The molecular formula is C20H36O4. The first-order valence-electron chi connectivity index (χ1n) is 9.55. The molecule has 0 aromatic rings. The van der Waals surface area contributed by atoms with Gasteiger partial charge in [0.1, 0.15) is 11.7 Å². The summed E-state index contributed by atoms with van der Waals surface area (Å²) >= 11 is 0. The van der Waals surface area contributed by atoms with Crippen LogP contribution in [0.2, 0.25) is 0 Å². The van der Waals surface area contributed by atoms with Crippen LogP contribution in [-0.2, 0) is 14.3 Å². The Morgan fingerprint density at radius 2 is 1.38 bits per heavy atom. The molecule has 0 radical (unpaired) electrons. The van der Waals surface area contributed by atoms with Crippen molar-refractivity contribution in [2.45, 2.75) is 97.0 Å². The van der Waals surface area contributed by atoms with E-state index in [1.165, 1.54) is 71.8 Å². The minimum atomic E-state index is -1.17. The second-order valence-electron chi connectivity index (χ2n) is 6.47. The van der Waals surface area contributed by atoms with E-state index in [1.54, 1.807) is 6.08 Å². The molecule has 140 valence electrons. The van der Waals surface area contributed by atoms with Gasteiger partial charge in [-0.2, -0.15) is 0 Å². The molecule has 0 aliphatic carbocycles. The van der Waals surface area contributed by atoms with E-state index < -0.39 is 17.9 Å². The van der Waals surface area contributed by atoms with Crippen molar-refractivity contribution in [3.63, 3.8) is 0 Å². The minimum Gasteiger partial charge on any atom is -0.465 e. The van der Waals surface area contributed by atoms with Crippen molar-refractivity contribution in [1.82, 2.24) is 0 Å². The van der Waals surface area contributed by atoms with E-state index in [9.17, 15) is 14.7 Å².